The van der Waals surface area contributed by atoms with Crippen LogP contribution in [0.5, 0.6) is 0 Å². The predicted molar refractivity (Wildman–Crippen MR) is 112 cm³/mol. The molecule has 0 bridgehead atoms. The molecule has 3 rings (SSSR count). The van der Waals surface area contributed by atoms with E-state index in [0.717, 1.165) is 25.2 Å². The van der Waals surface area contributed by atoms with Crippen LogP contribution in [0.25, 0.3) is 0 Å². The largest absolute Gasteiger partial charge is 0.443 e. The number of likely N-dealkylation sites (N-methyl/N-ethyl adjacent to an activating group) is 1. The number of carbonyl (C=O) groups excluding carboxylic acids is 2. The summed E-state index contributed by atoms with van der Waals surface area (Å²) in [5.41, 5.74) is 1.19. The summed E-state index contributed by atoms with van der Waals surface area (Å²) in [4.78, 5) is 34.1. The van der Waals surface area contributed by atoms with E-state index in [9.17, 15) is 9.59 Å². The van der Waals surface area contributed by atoms with Crippen LogP contribution in [0, 0.1) is 19.8 Å². The van der Waals surface area contributed by atoms with E-state index in [-0.39, 0.29) is 24.3 Å². The van der Waals surface area contributed by atoms with Gasteiger partial charge >= 0.3 is 0 Å². The fraction of sp³-hybridized carbons (Fsp3) is 0.619. The fourth-order valence-electron chi connectivity index (χ4n) is 3.58. The van der Waals surface area contributed by atoms with Gasteiger partial charge in [0.15, 0.2) is 5.69 Å². The van der Waals surface area contributed by atoms with Gasteiger partial charge < -0.3 is 19.5 Å². The summed E-state index contributed by atoms with van der Waals surface area (Å²) in [5, 5.41) is 7.22. The summed E-state index contributed by atoms with van der Waals surface area (Å²) in [7, 11) is 2.06. The van der Waals surface area contributed by atoms with Crippen molar-refractivity contribution in [3.8, 4) is 0 Å². The summed E-state index contributed by atoms with van der Waals surface area (Å²) in [6, 6.07) is 1.42. The molecule has 0 aromatic carbocycles. The fourth-order valence-corrected chi connectivity index (χ4v) is 3.58. The molecule has 9 nitrogen and oxygen atoms in total. The van der Waals surface area contributed by atoms with Gasteiger partial charge in [-0.25, -0.2) is 4.98 Å². The number of hydrogen-bond donors (Lipinski definition) is 1. The van der Waals surface area contributed by atoms with Gasteiger partial charge in [0.05, 0.1) is 5.69 Å². The number of nitrogens with zero attached hydrogens (tertiary/aromatic N) is 5. The highest BCUT2D eigenvalue weighted by atomic mass is 16.4. The maximum absolute atomic E-state index is 13.0. The van der Waals surface area contributed by atoms with Gasteiger partial charge in [-0.15, -0.1) is 0 Å². The van der Waals surface area contributed by atoms with Crippen LogP contribution >= 0.6 is 0 Å². The Hall–Kier alpha value is -2.68. The minimum atomic E-state index is -0.426. The smallest absolute Gasteiger partial charge is 0.276 e. The zero-order valence-corrected chi connectivity index (χ0v) is 18.5. The molecular formula is C21H32N6O3. The highest BCUT2D eigenvalue weighted by Crippen LogP contribution is 2.24. The molecule has 2 amide bonds. The van der Waals surface area contributed by atoms with Crippen LogP contribution in [-0.2, 0) is 11.3 Å². The van der Waals surface area contributed by atoms with Crippen LogP contribution in [0.15, 0.2) is 16.7 Å². The number of aryl methyl sites for hydroxylation is 2. The van der Waals surface area contributed by atoms with E-state index < -0.39 is 6.04 Å². The first-order valence-electron chi connectivity index (χ1n) is 10.5. The Morgan fingerprint density at radius 2 is 1.97 bits per heavy atom. The molecule has 1 aliphatic rings. The second-order valence-electron chi connectivity index (χ2n) is 8.35. The molecular weight excluding hydrogens is 384 g/mol. The minimum Gasteiger partial charge on any atom is -0.443 e. The van der Waals surface area contributed by atoms with Crippen LogP contribution in [-0.4, -0.2) is 69.6 Å². The molecule has 0 saturated carbocycles. The van der Waals surface area contributed by atoms with Gasteiger partial charge in [0.1, 0.15) is 18.3 Å². The summed E-state index contributed by atoms with van der Waals surface area (Å²) in [6.07, 6.45) is 2.70. The predicted octanol–water partition coefficient (Wildman–Crippen LogP) is 1.78. The Kier molecular flexibility index (Phi) is 6.91. The highest BCUT2D eigenvalue weighted by Gasteiger charge is 2.29. The van der Waals surface area contributed by atoms with Crippen LogP contribution in [0.1, 0.15) is 54.1 Å². The van der Waals surface area contributed by atoms with E-state index >= 15 is 0 Å². The minimum absolute atomic E-state index is 0.0427. The summed E-state index contributed by atoms with van der Waals surface area (Å²) in [6.45, 7) is 10.9. The third-order valence-corrected chi connectivity index (χ3v) is 5.35. The van der Waals surface area contributed by atoms with Gasteiger partial charge in [0.25, 0.3) is 5.91 Å². The number of oxazole rings is 1. The maximum atomic E-state index is 13.0. The van der Waals surface area contributed by atoms with Crippen molar-refractivity contribution in [1.82, 2.24) is 29.9 Å². The van der Waals surface area contributed by atoms with Crippen molar-refractivity contribution in [2.75, 3.05) is 33.2 Å². The second kappa shape index (κ2) is 9.42. The van der Waals surface area contributed by atoms with Crippen molar-refractivity contribution in [3.05, 3.63) is 35.3 Å². The van der Waals surface area contributed by atoms with Crippen molar-refractivity contribution < 1.29 is 14.0 Å². The summed E-state index contributed by atoms with van der Waals surface area (Å²) >= 11 is 0. The van der Waals surface area contributed by atoms with Crippen LogP contribution in [0.2, 0.25) is 0 Å². The molecule has 2 aromatic heterocycles. The molecule has 30 heavy (non-hydrogen) atoms. The van der Waals surface area contributed by atoms with E-state index in [1.807, 2.05) is 31.7 Å². The molecule has 0 unspecified atom stereocenters. The molecule has 0 radical (unpaired) electrons. The van der Waals surface area contributed by atoms with E-state index in [1.165, 1.54) is 0 Å². The first-order chi connectivity index (χ1) is 14.2. The number of carbonyl (C=O) groups is 2. The number of rotatable bonds is 6. The molecule has 0 spiro atoms. The molecule has 164 valence electrons. The van der Waals surface area contributed by atoms with Gasteiger partial charge in [-0.3, -0.25) is 14.3 Å². The number of aromatic nitrogens is 3. The molecule has 1 aliphatic heterocycles. The standard InChI is InChI=1S/C21H32N6O3/c1-14(2)18(22-17(28)13-27-10-7-15(3)24-27)20-23-19(16(4)30-20)21(29)26-9-6-8-25(5)11-12-26/h7,10,14,18H,6,8-9,11-13H2,1-5H3,(H,22,28)/t18-/m1/s1. The molecule has 9 heteroatoms. The highest BCUT2D eigenvalue weighted by molar-refractivity contribution is 5.93. The zero-order valence-electron chi connectivity index (χ0n) is 18.5. The first-order valence-corrected chi connectivity index (χ1v) is 10.5. The number of nitrogens with one attached hydrogen (secondary N) is 1. The molecule has 0 aliphatic carbocycles. The van der Waals surface area contributed by atoms with Crippen molar-refractivity contribution in [2.45, 2.75) is 46.7 Å². The molecule has 2 aromatic rings. The average molecular weight is 417 g/mol. The Labute approximate surface area is 177 Å². The molecule has 1 atom stereocenters. The SMILES string of the molecule is Cc1ccn(CC(=O)N[C@@H](c2nc(C(=O)N3CCCN(C)CC3)c(C)o2)C(C)C)n1. The first kappa shape index (κ1) is 22.0. The normalized spacial score (nSPS) is 16.5. The summed E-state index contributed by atoms with van der Waals surface area (Å²) < 4.78 is 7.44. The lowest BCUT2D eigenvalue weighted by molar-refractivity contribution is -0.123. The lowest BCUT2D eigenvalue weighted by Crippen LogP contribution is -2.36. The number of hydrogen-bond acceptors (Lipinski definition) is 6. The van der Waals surface area contributed by atoms with E-state index in [4.69, 9.17) is 4.42 Å². The molecule has 3 heterocycles. The van der Waals surface area contributed by atoms with E-state index in [0.29, 0.717) is 30.4 Å². The van der Waals surface area contributed by atoms with Crippen LogP contribution in [0.3, 0.4) is 0 Å². The van der Waals surface area contributed by atoms with Gasteiger partial charge in [0, 0.05) is 25.8 Å². The Balaban J connectivity index is 1.72. The van der Waals surface area contributed by atoms with Crippen molar-refractivity contribution in [2.24, 2.45) is 5.92 Å². The molecule has 1 N–H and O–H groups in total. The average Bonchev–Trinajstić information content (AvgIpc) is 3.19. The van der Waals surface area contributed by atoms with Crippen molar-refractivity contribution in [3.63, 3.8) is 0 Å². The lowest BCUT2D eigenvalue weighted by atomic mass is 10.0. The number of amides is 2. The van der Waals surface area contributed by atoms with Gasteiger partial charge in [-0.2, -0.15) is 5.10 Å². The van der Waals surface area contributed by atoms with E-state index in [1.54, 1.807) is 17.8 Å². The third kappa shape index (κ3) is 5.27. The Morgan fingerprint density at radius 1 is 1.20 bits per heavy atom. The van der Waals surface area contributed by atoms with Crippen molar-refractivity contribution in [1.29, 1.82) is 0 Å². The Morgan fingerprint density at radius 3 is 2.63 bits per heavy atom. The van der Waals surface area contributed by atoms with Gasteiger partial charge in [-0.05, 0) is 45.8 Å². The van der Waals surface area contributed by atoms with Gasteiger partial charge in [0.2, 0.25) is 11.8 Å². The molecule has 1 fully saturated rings. The van der Waals surface area contributed by atoms with Crippen LogP contribution in [0.4, 0.5) is 0 Å². The monoisotopic (exact) mass is 416 g/mol. The van der Waals surface area contributed by atoms with Crippen LogP contribution < -0.4 is 5.32 Å². The lowest BCUT2D eigenvalue weighted by Gasteiger charge is -2.20. The van der Waals surface area contributed by atoms with Gasteiger partial charge in [-0.1, -0.05) is 13.8 Å². The summed E-state index contributed by atoms with van der Waals surface area (Å²) in [5.74, 6) is 0.592. The van der Waals surface area contributed by atoms with E-state index in [2.05, 4.69) is 27.3 Å². The Bertz CT molecular complexity index is 887. The quantitative estimate of drug-likeness (QED) is 0.771. The van der Waals surface area contributed by atoms with Crippen molar-refractivity contribution >= 4 is 11.8 Å². The maximum Gasteiger partial charge on any atom is 0.276 e. The zero-order chi connectivity index (χ0) is 21.8. The topological polar surface area (TPSA) is 96.5 Å². The molecule has 1 saturated heterocycles. The second-order valence-corrected chi connectivity index (χ2v) is 8.35. The third-order valence-electron chi connectivity index (χ3n) is 5.35.